The molecule has 1 N–H and O–H groups in total. The van der Waals surface area contributed by atoms with E-state index in [2.05, 4.69) is 17.2 Å². The number of carbonyl (C=O) groups excluding carboxylic acids is 1. The lowest BCUT2D eigenvalue weighted by atomic mass is 9.83. The van der Waals surface area contributed by atoms with Gasteiger partial charge < -0.3 is 10.1 Å². The van der Waals surface area contributed by atoms with Crippen molar-refractivity contribution >= 4 is 11.8 Å². The molecule has 0 radical (unpaired) electrons. The molecule has 1 aromatic rings. The molecule has 4 heteroatoms. The van der Waals surface area contributed by atoms with E-state index < -0.39 is 0 Å². The fourth-order valence-electron chi connectivity index (χ4n) is 2.60. The van der Waals surface area contributed by atoms with Gasteiger partial charge in [-0.25, -0.2) is 9.78 Å². The van der Waals surface area contributed by atoms with E-state index in [9.17, 15) is 4.79 Å². The molecule has 1 saturated carbocycles. The number of anilines is 1. The number of hydrogen-bond acceptors (Lipinski definition) is 4. The molecule has 2 rings (SSSR count). The summed E-state index contributed by atoms with van der Waals surface area (Å²) in [4.78, 5) is 15.9. The number of nitrogens with zero attached hydrogens (tertiary/aromatic N) is 1. The zero-order valence-corrected chi connectivity index (χ0v) is 11.7. The second-order valence-corrected chi connectivity index (χ2v) is 5.40. The molecule has 0 saturated heterocycles. The number of esters is 1. The molecule has 0 unspecified atom stereocenters. The van der Waals surface area contributed by atoms with Gasteiger partial charge in [-0.05, 0) is 36.8 Å². The molecular formula is C15H22N2O2. The molecule has 0 aromatic carbocycles. The van der Waals surface area contributed by atoms with Crippen LogP contribution in [-0.4, -0.2) is 24.6 Å². The minimum atomic E-state index is -0.340. The fraction of sp³-hybridized carbons (Fsp3) is 0.600. The van der Waals surface area contributed by atoms with Gasteiger partial charge in [-0.3, -0.25) is 0 Å². The van der Waals surface area contributed by atoms with Crippen LogP contribution >= 0.6 is 0 Å². The highest BCUT2D eigenvalue weighted by Crippen LogP contribution is 2.28. The quantitative estimate of drug-likeness (QED) is 0.847. The van der Waals surface area contributed by atoms with Crippen molar-refractivity contribution in [2.75, 3.05) is 19.0 Å². The van der Waals surface area contributed by atoms with Crippen LogP contribution in [0.5, 0.6) is 0 Å². The maximum absolute atomic E-state index is 11.6. The third-order valence-electron chi connectivity index (χ3n) is 3.91. The first-order valence-electron chi connectivity index (χ1n) is 6.98. The summed E-state index contributed by atoms with van der Waals surface area (Å²) < 4.78 is 4.76. The predicted octanol–water partition coefficient (Wildman–Crippen LogP) is 3.11. The number of pyridine rings is 1. The number of methoxy groups -OCH3 is 1. The number of ether oxygens (including phenoxy) is 1. The second kappa shape index (κ2) is 6.55. The molecule has 0 aliphatic heterocycles. The van der Waals surface area contributed by atoms with E-state index >= 15 is 0 Å². The first kappa shape index (κ1) is 13.8. The normalized spacial score (nSPS) is 22.8. The Morgan fingerprint density at radius 2 is 2.16 bits per heavy atom. The first-order valence-corrected chi connectivity index (χ1v) is 6.98. The molecule has 1 aromatic heterocycles. The van der Waals surface area contributed by atoms with Crippen molar-refractivity contribution in [3.05, 3.63) is 23.9 Å². The van der Waals surface area contributed by atoms with Crippen molar-refractivity contribution in [1.29, 1.82) is 0 Å². The van der Waals surface area contributed by atoms with E-state index in [4.69, 9.17) is 4.74 Å². The summed E-state index contributed by atoms with van der Waals surface area (Å²) >= 11 is 0. The molecule has 0 bridgehead atoms. The second-order valence-electron chi connectivity index (χ2n) is 5.40. The molecule has 4 nitrogen and oxygen atoms in total. The van der Waals surface area contributed by atoms with Crippen LogP contribution in [0.3, 0.4) is 0 Å². The minimum absolute atomic E-state index is 0.340. The van der Waals surface area contributed by atoms with Crippen LogP contribution in [0.25, 0.3) is 0 Å². The molecule has 1 aliphatic carbocycles. The molecule has 0 atom stereocenters. The van der Waals surface area contributed by atoms with E-state index in [0.717, 1.165) is 12.5 Å². The third kappa shape index (κ3) is 3.69. The highest BCUT2D eigenvalue weighted by Gasteiger charge is 2.19. The van der Waals surface area contributed by atoms with Gasteiger partial charge in [0.05, 0.1) is 7.11 Å². The molecule has 104 valence electrons. The Morgan fingerprint density at radius 3 is 2.84 bits per heavy atom. The maximum atomic E-state index is 11.6. The zero-order valence-electron chi connectivity index (χ0n) is 11.7. The molecule has 0 amide bonds. The Bertz CT molecular complexity index is 426. The van der Waals surface area contributed by atoms with Crippen LogP contribution in [0.1, 0.15) is 43.0 Å². The van der Waals surface area contributed by atoms with Gasteiger partial charge in [0.1, 0.15) is 11.4 Å². The predicted molar refractivity (Wildman–Crippen MR) is 75.2 cm³/mol. The number of nitrogens with one attached hydrogen (secondary N) is 1. The third-order valence-corrected chi connectivity index (χ3v) is 3.91. The van der Waals surface area contributed by atoms with E-state index in [-0.39, 0.29) is 5.97 Å². The van der Waals surface area contributed by atoms with Crippen molar-refractivity contribution < 1.29 is 9.53 Å². The SMILES string of the molecule is COC(=O)c1cccnc1NCC1CCC(C)CC1. The largest absolute Gasteiger partial charge is 0.465 e. The Morgan fingerprint density at radius 1 is 1.42 bits per heavy atom. The summed E-state index contributed by atoms with van der Waals surface area (Å²) in [7, 11) is 1.39. The highest BCUT2D eigenvalue weighted by molar-refractivity contribution is 5.94. The molecule has 1 aliphatic rings. The Hall–Kier alpha value is -1.58. The fourth-order valence-corrected chi connectivity index (χ4v) is 2.60. The van der Waals surface area contributed by atoms with Crippen LogP contribution in [0.2, 0.25) is 0 Å². The van der Waals surface area contributed by atoms with E-state index in [1.807, 2.05) is 0 Å². The number of rotatable bonds is 4. The lowest BCUT2D eigenvalue weighted by molar-refractivity contribution is 0.0601. The summed E-state index contributed by atoms with van der Waals surface area (Å²) in [5.74, 6) is 1.83. The van der Waals surface area contributed by atoms with Gasteiger partial charge in [0.25, 0.3) is 0 Å². The van der Waals surface area contributed by atoms with Gasteiger partial charge in [0.2, 0.25) is 0 Å². The van der Waals surface area contributed by atoms with Crippen molar-refractivity contribution in [2.45, 2.75) is 32.6 Å². The summed E-state index contributed by atoms with van der Waals surface area (Å²) in [6, 6.07) is 3.49. The summed E-state index contributed by atoms with van der Waals surface area (Å²) in [6.07, 6.45) is 6.82. The van der Waals surface area contributed by atoms with Gasteiger partial charge >= 0.3 is 5.97 Å². The lowest BCUT2D eigenvalue weighted by Crippen LogP contribution is -2.21. The monoisotopic (exact) mass is 262 g/mol. The van der Waals surface area contributed by atoms with Gasteiger partial charge in [-0.2, -0.15) is 0 Å². The Labute approximate surface area is 114 Å². The lowest BCUT2D eigenvalue weighted by Gasteiger charge is -2.26. The first-order chi connectivity index (χ1) is 9.20. The zero-order chi connectivity index (χ0) is 13.7. The standard InChI is InChI=1S/C15H22N2O2/c1-11-5-7-12(8-6-11)10-17-14-13(15(18)19-2)4-3-9-16-14/h3-4,9,11-12H,5-8,10H2,1-2H3,(H,16,17). The highest BCUT2D eigenvalue weighted by atomic mass is 16.5. The number of hydrogen-bond donors (Lipinski definition) is 1. The van der Waals surface area contributed by atoms with E-state index in [1.54, 1.807) is 18.3 Å². The Kier molecular flexibility index (Phi) is 4.77. The molecular weight excluding hydrogens is 240 g/mol. The molecule has 0 spiro atoms. The van der Waals surface area contributed by atoms with Crippen molar-refractivity contribution in [3.63, 3.8) is 0 Å². The molecule has 1 fully saturated rings. The van der Waals surface area contributed by atoms with Gasteiger partial charge in [-0.15, -0.1) is 0 Å². The Balaban J connectivity index is 1.94. The molecule has 19 heavy (non-hydrogen) atoms. The van der Waals surface area contributed by atoms with Crippen molar-refractivity contribution in [2.24, 2.45) is 11.8 Å². The smallest absolute Gasteiger partial charge is 0.341 e. The van der Waals surface area contributed by atoms with Crippen LogP contribution in [-0.2, 0) is 4.74 Å². The summed E-state index contributed by atoms with van der Waals surface area (Å²) in [5.41, 5.74) is 0.508. The van der Waals surface area contributed by atoms with Crippen LogP contribution in [0.4, 0.5) is 5.82 Å². The summed E-state index contributed by atoms with van der Waals surface area (Å²) in [6.45, 7) is 3.20. The van der Waals surface area contributed by atoms with Gasteiger partial charge in [0, 0.05) is 12.7 Å². The maximum Gasteiger partial charge on any atom is 0.341 e. The van der Waals surface area contributed by atoms with Gasteiger partial charge in [0.15, 0.2) is 0 Å². The average Bonchev–Trinajstić information content (AvgIpc) is 2.46. The van der Waals surface area contributed by atoms with Crippen LogP contribution in [0, 0.1) is 11.8 Å². The van der Waals surface area contributed by atoms with Crippen LogP contribution < -0.4 is 5.32 Å². The number of carbonyl (C=O) groups is 1. The average molecular weight is 262 g/mol. The van der Waals surface area contributed by atoms with Crippen LogP contribution in [0.15, 0.2) is 18.3 Å². The summed E-state index contributed by atoms with van der Waals surface area (Å²) in [5, 5.41) is 3.30. The number of aromatic nitrogens is 1. The van der Waals surface area contributed by atoms with Crippen molar-refractivity contribution in [3.8, 4) is 0 Å². The van der Waals surface area contributed by atoms with E-state index in [1.165, 1.54) is 32.8 Å². The molecule has 1 heterocycles. The van der Waals surface area contributed by atoms with Gasteiger partial charge in [-0.1, -0.05) is 19.8 Å². The van der Waals surface area contributed by atoms with E-state index in [0.29, 0.717) is 17.3 Å². The minimum Gasteiger partial charge on any atom is -0.465 e. The topological polar surface area (TPSA) is 51.2 Å². The van der Waals surface area contributed by atoms with Crippen molar-refractivity contribution in [1.82, 2.24) is 4.98 Å².